The summed E-state index contributed by atoms with van der Waals surface area (Å²) in [7, 11) is 1.54. The van der Waals surface area contributed by atoms with Gasteiger partial charge in [-0.05, 0) is 43.5 Å². The van der Waals surface area contributed by atoms with Crippen LogP contribution in [0.2, 0.25) is 5.02 Å². The van der Waals surface area contributed by atoms with Crippen molar-refractivity contribution in [2.24, 2.45) is 0 Å². The van der Waals surface area contributed by atoms with Crippen LogP contribution in [0.25, 0.3) is 0 Å². The largest absolute Gasteiger partial charge is 0.496 e. The van der Waals surface area contributed by atoms with Crippen LogP contribution in [0.1, 0.15) is 27.9 Å². The Labute approximate surface area is 136 Å². The van der Waals surface area contributed by atoms with Gasteiger partial charge in [-0.3, -0.25) is 4.79 Å². The Kier molecular flexibility index (Phi) is 5.84. The van der Waals surface area contributed by atoms with Gasteiger partial charge in [-0.15, -0.1) is 0 Å². The summed E-state index contributed by atoms with van der Waals surface area (Å²) in [6.07, 6.45) is 1.82. The smallest absolute Gasteiger partial charge is 0.255 e. The van der Waals surface area contributed by atoms with Gasteiger partial charge >= 0.3 is 0 Å². The molecule has 0 heterocycles. The second kappa shape index (κ2) is 7.85. The van der Waals surface area contributed by atoms with Gasteiger partial charge in [0.2, 0.25) is 0 Å². The quantitative estimate of drug-likeness (QED) is 0.817. The Hall–Kier alpha value is -2.00. The minimum atomic E-state index is -0.164. The topological polar surface area (TPSA) is 38.3 Å². The van der Waals surface area contributed by atoms with Crippen molar-refractivity contribution in [1.29, 1.82) is 0 Å². The van der Waals surface area contributed by atoms with Crippen LogP contribution in [0.4, 0.5) is 0 Å². The van der Waals surface area contributed by atoms with Gasteiger partial charge in [0.05, 0.1) is 12.7 Å². The number of rotatable bonds is 6. The molecule has 0 aliphatic carbocycles. The van der Waals surface area contributed by atoms with Crippen LogP contribution in [-0.2, 0) is 6.42 Å². The fourth-order valence-electron chi connectivity index (χ4n) is 2.20. The first-order chi connectivity index (χ1) is 10.6. The van der Waals surface area contributed by atoms with Crippen molar-refractivity contribution in [2.75, 3.05) is 13.7 Å². The van der Waals surface area contributed by atoms with Crippen molar-refractivity contribution in [1.82, 2.24) is 5.32 Å². The number of aryl methyl sites for hydroxylation is 2. The fourth-order valence-corrected chi connectivity index (χ4v) is 2.37. The summed E-state index contributed by atoms with van der Waals surface area (Å²) >= 11 is 5.94. The number of amides is 1. The third kappa shape index (κ3) is 4.50. The van der Waals surface area contributed by atoms with E-state index in [0.717, 1.165) is 12.8 Å². The van der Waals surface area contributed by atoms with E-state index in [1.165, 1.54) is 18.2 Å². The van der Waals surface area contributed by atoms with Crippen LogP contribution in [-0.4, -0.2) is 19.6 Å². The third-order valence-corrected chi connectivity index (χ3v) is 3.69. The monoisotopic (exact) mass is 317 g/mol. The first-order valence-electron chi connectivity index (χ1n) is 7.27. The zero-order valence-electron chi connectivity index (χ0n) is 12.9. The van der Waals surface area contributed by atoms with Crippen LogP contribution in [0.15, 0.2) is 42.5 Å². The molecule has 0 unspecified atom stereocenters. The summed E-state index contributed by atoms with van der Waals surface area (Å²) in [5, 5.41) is 3.42. The molecule has 4 heteroatoms. The van der Waals surface area contributed by atoms with E-state index >= 15 is 0 Å². The minimum absolute atomic E-state index is 0.164. The summed E-state index contributed by atoms with van der Waals surface area (Å²) in [5.41, 5.74) is 3.00. The molecule has 0 aliphatic rings. The number of carbonyl (C=O) groups excluding carboxylic acids is 1. The third-order valence-electron chi connectivity index (χ3n) is 3.45. The first kappa shape index (κ1) is 16.4. The molecule has 0 saturated carbocycles. The Morgan fingerprint density at radius 1 is 1.18 bits per heavy atom. The maximum absolute atomic E-state index is 12.2. The molecule has 0 bridgehead atoms. The summed E-state index contributed by atoms with van der Waals surface area (Å²) in [5.74, 6) is 0.365. The minimum Gasteiger partial charge on any atom is -0.496 e. The summed E-state index contributed by atoms with van der Waals surface area (Å²) in [6.45, 7) is 2.69. The van der Waals surface area contributed by atoms with Crippen molar-refractivity contribution in [3.63, 3.8) is 0 Å². The SMILES string of the molecule is COc1ccc(Cl)cc1C(=O)NCCCc1ccc(C)cc1. The number of benzene rings is 2. The van der Waals surface area contributed by atoms with Gasteiger partial charge in [-0.2, -0.15) is 0 Å². The van der Waals surface area contributed by atoms with Crippen molar-refractivity contribution < 1.29 is 9.53 Å². The van der Waals surface area contributed by atoms with Crippen LogP contribution in [0.5, 0.6) is 5.75 Å². The molecule has 0 atom stereocenters. The Balaban J connectivity index is 1.85. The number of hydrogen-bond acceptors (Lipinski definition) is 2. The number of nitrogens with one attached hydrogen (secondary N) is 1. The van der Waals surface area contributed by atoms with Gasteiger partial charge in [0.15, 0.2) is 0 Å². The highest BCUT2D eigenvalue weighted by atomic mass is 35.5. The molecule has 0 fully saturated rings. The van der Waals surface area contributed by atoms with E-state index in [1.54, 1.807) is 18.2 Å². The van der Waals surface area contributed by atoms with Crippen LogP contribution < -0.4 is 10.1 Å². The molecule has 1 N–H and O–H groups in total. The molecule has 0 spiro atoms. The molecule has 116 valence electrons. The Morgan fingerprint density at radius 2 is 1.91 bits per heavy atom. The highest BCUT2D eigenvalue weighted by Gasteiger charge is 2.12. The number of methoxy groups -OCH3 is 1. The highest BCUT2D eigenvalue weighted by Crippen LogP contribution is 2.22. The predicted octanol–water partition coefficient (Wildman–Crippen LogP) is 4.02. The molecular weight excluding hydrogens is 298 g/mol. The van der Waals surface area contributed by atoms with E-state index < -0.39 is 0 Å². The molecular formula is C18H20ClNO2. The zero-order valence-corrected chi connectivity index (χ0v) is 13.6. The van der Waals surface area contributed by atoms with Crippen molar-refractivity contribution in [3.05, 3.63) is 64.2 Å². The maximum Gasteiger partial charge on any atom is 0.255 e. The van der Waals surface area contributed by atoms with Gasteiger partial charge in [0.1, 0.15) is 5.75 Å². The van der Waals surface area contributed by atoms with Gasteiger partial charge < -0.3 is 10.1 Å². The molecule has 0 aromatic heterocycles. The number of carbonyl (C=O) groups is 1. The first-order valence-corrected chi connectivity index (χ1v) is 7.65. The van der Waals surface area contributed by atoms with E-state index in [0.29, 0.717) is 22.9 Å². The van der Waals surface area contributed by atoms with E-state index in [4.69, 9.17) is 16.3 Å². The maximum atomic E-state index is 12.2. The average molecular weight is 318 g/mol. The molecule has 0 aliphatic heterocycles. The summed E-state index contributed by atoms with van der Waals surface area (Å²) in [4.78, 5) is 12.2. The number of ether oxygens (including phenoxy) is 1. The lowest BCUT2D eigenvalue weighted by atomic mass is 10.1. The van der Waals surface area contributed by atoms with Crippen LogP contribution >= 0.6 is 11.6 Å². The second-order valence-corrected chi connectivity index (χ2v) is 5.63. The molecule has 0 saturated heterocycles. The molecule has 0 radical (unpaired) electrons. The molecule has 22 heavy (non-hydrogen) atoms. The van der Waals surface area contributed by atoms with E-state index in [1.807, 2.05) is 0 Å². The predicted molar refractivity (Wildman–Crippen MR) is 89.8 cm³/mol. The average Bonchev–Trinajstić information content (AvgIpc) is 2.53. The van der Waals surface area contributed by atoms with E-state index in [2.05, 4.69) is 36.5 Å². The lowest BCUT2D eigenvalue weighted by Crippen LogP contribution is -2.25. The van der Waals surface area contributed by atoms with Crippen molar-refractivity contribution >= 4 is 17.5 Å². The second-order valence-electron chi connectivity index (χ2n) is 5.19. The van der Waals surface area contributed by atoms with Crippen molar-refractivity contribution in [2.45, 2.75) is 19.8 Å². The van der Waals surface area contributed by atoms with Gasteiger partial charge in [-0.25, -0.2) is 0 Å². The van der Waals surface area contributed by atoms with Gasteiger partial charge in [-0.1, -0.05) is 41.4 Å². The Bertz CT molecular complexity index is 638. The Morgan fingerprint density at radius 3 is 2.59 bits per heavy atom. The molecule has 2 aromatic rings. The molecule has 3 nitrogen and oxygen atoms in total. The summed E-state index contributed by atoms with van der Waals surface area (Å²) < 4.78 is 5.19. The van der Waals surface area contributed by atoms with Gasteiger partial charge in [0.25, 0.3) is 5.91 Å². The highest BCUT2D eigenvalue weighted by molar-refractivity contribution is 6.31. The number of hydrogen-bond donors (Lipinski definition) is 1. The van der Waals surface area contributed by atoms with Crippen LogP contribution in [0, 0.1) is 6.92 Å². The van der Waals surface area contributed by atoms with E-state index in [-0.39, 0.29) is 5.91 Å². The zero-order chi connectivity index (χ0) is 15.9. The lowest BCUT2D eigenvalue weighted by molar-refractivity contribution is 0.0950. The van der Waals surface area contributed by atoms with Crippen LogP contribution in [0.3, 0.4) is 0 Å². The number of halogens is 1. The normalized spacial score (nSPS) is 10.3. The van der Waals surface area contributed by atoms with Crippen molar-refractivity contribution in [3.8, 4) is 5.75 Å². The molecule has 2 rings (SSSR count). The lowest BCUT2D eigenvalue weighted by Gasteiger charge is -2.10. The molecule has 2 aromatic carbocycles. The standard InChI is InChI=1S/C18H20ClNO2/c1-13-5-7-14(8-6-13)4-3-11-20-18(21)16-12-15(19)9-10-17(16)22-2/h5-10,12H,3-4,11H2,1-2H3,(H,20,21). The van der Waals surface area contributed by atoms with Gasteiger partial charge in [0, 0.05) is 11.6 Å². The summed E-state index contributed by atoms with van der Waals surface area (Å²) in [6, 6.07) is 13.5. The molecule has 1 amide bonds. The van der Waals surface area contributed by atoms with E-state index in [9.17, 15) is 4.79 Å². The fraction of sp³-hybridized carbons (Fsp3) is 0.278.